The summed E-state index contributed by atoms with van der Waals surface area (Å²) in [5.41, 5.74) is 4.90. The van der Waals surface area contributed by atoms with Crippen LogP contribution in [0.3, 0.4) is 0 Å². The van der Waals surface area contributed by atoms with E-state index in [1.54, 1.807) is 11.1 Å². The first-order valence-electron chi connectivity index (χ1n) is 7.10. The van der Waals surface area contributed by atoms with Crippen LogP contribution >= 0.6 is 0 Å². The molecule has 18 heavy (non-hydrogen) atoms. The van der Waals surface area contributed by atoms with E-state index < -0.39 is 0 Å². The maximum Gasteiger partial charge on any atom is 0.129 e. The van der Waals surface area contributed by atoms with Crippen molar-refractivity contribution in [1.29, 1.82) is 10.5 Å². The predicted octanol–water partition coefficient (Wildman–Crippen LogP) is 4.02. The van der Waals surface area contributed by atoms with Gasteiger partial charge < -0.3 is 0 Å². The van der Waals surface area contributed by atoms with Gasteiger partial charge in [0.1, 0.15) is 17.7 Å². The van der Waals surface area contributed by atoms with Gasteiger partial charge in [0.2, 0.25) is 0 Å². The molecule has 2 heteroatoms. The minimum Gasteiger partial charge on any atom is -0.192 e. The highest BCUT2D eigenvalue weighted by atomic mass is 14.4. The molecule has 0 radical (unpaired) electrons. The molecule has 3 aliphatic carbocycles. The molecule has 3 rings (SSSR count). The highest BCUT2D eigenvalue weighted by molar-refractivity contribution is 5.48. The molecule has 1 fully saturated rings. The van der Waals surface area contributed by atoms with Crippen molar-refractivity contribution in [2.24, 2.45) is 11.8 Å². The lowest BCUT2D eigenvalue weighted by Gasteiger charge is -2.42. The van der Waals surface area contributed by atoms with E-state index in [-0.39, 0.29) is 0 Å². The molecule has 2 bridgehead atoms. The van der Waals surface area contributed by atoms with E-state index in [9.17, 15) is 10.5 Å². The molecule has 3 aliphatic rings. The summed E-state index contributed by atoms with van der Waals surface area (Å²) >= 11 is 0. The molecule has 0 amide bonds. The Kier molecular flexibility index (Phi) is 2.96. The Bertz CT molecular complexity index is 494. The van der Waals surface area contributed by atoms with Crippen LogP contribution in [-0.4, -0.2) is 0 Å². The monoisotopic (exact) mass is 238 g/mol. The number of rotatable bonds is 0. The fourth-order valence-corrected chi connectivity index (χ4v) is 4.21. The van der Waals surface area contributed by atoms with Gasteiger partial charge in [0.15, 0.2) is 0 Å². The molecular formula is C16H18N2. The highest BCUT2D eigenvalue weighted by Crippen LogP contribution is 2.51. The minimum absolute atomic E-state index is 0.418. The molecule has 0 heterocycles. The number of nitrogens with zero attached hydrogens (tertiary/aromatic N) is 2. The lowest BCUT2D eigenvalue weighted by Crippen LogP contribution is -2.29. The highest BCUT2D eigenvalue weighted by Gasteiger charge is 2.38. The standard InChI is InChI=1S/C16H18N2/c17-9-13(10-18)16-12-5-3-7-15(16)14-6-2-1-4-11(14)8-12/h12,15H,1-8H2/t12-,15+/m0/s1. The van der Waals surface area contributed by atoms with E-state index in [1.165, 1.54) is 44.1 Å². The van der Waals surface area contributed by atoms with Gasteiger partial charge in [0.05, 0.1) is 0 Å². The van der Waals surface area contributed by atoms with Crippen molar-refractivity contribution >= 4 is 0 Å². The number of hydrogen-bond donors (Lipinski definition) is 0. The topological polar surface area (TPSA) is 47.6 Å². The Hall–Kier alpha value is -1.54. The summed E-state index contributed by atoms with van der Waals surface area (Å²) in [5, 5.41) is 18.4. The summed E-state index contributed by atoms with van der Waals surface area (Å²) < 4.78 is 0. The van der Waals surface area contributed by atoms with Crippen molar-refractivity contribution in [3.8, 4) is 12.1 Å². The van der Waals surface area contributed by atoms with Crippen LogP contribution in [0.2, 0.25) is 0 Å². The summed E-state index contributed by atoms with van der Waals surface area (Å²) in [7, 11) is 0. The van der Waals surface area contributed by atoms with Crippen molar-refractivity contribution in [1.82, 2.24) is 0 Å². The van der Waals surface area contributed by atoms with Crippen molar-refractivity contribution in [3.05, 3.63) is 22.3 Å². The third-order valence-corrected chi connectivity index (χ3v) is 4.92. The average Bonchev–Trinajstić information content (AvgIpc) is 2.40. The van der Waals surface area contributed by atoms with Crippen LogP contribution in [0.25, 0.3) is 0 Å². The zero-order valence-corrected chi connectivity index (χ0v) is 10.7. The second-order valence-electron chi connectivity index (χ2n) is 5.77. The maximum atomic E-state index is 9.18. The fourth-order valence-electron chi connectivity index (χ4n) is 4.21. The Balaban J connectivity index is 2.10. The molecule has 0 aliphatic heterocycles. The summed E-state index contributed by atoms with van der Waals surface area (Å²) in [6.45, 7) is 0. The Morgan fingerprint density at radius 1 is 1.00 bits per heavy atom. The van der Waals surface area contributed by atoms with Gasteiger partial charge in [-0.3, -0.25) is 0 Å². The molecule has 1 saturated carbocycles. The Labute approximate surface area is 109 Å². The number of nitriles is 2. The van der Waals surface area contributed by atoms with Gasteiger partial charge in [-0.2, -0.15) is 10.5 Å². The largest absolute Gasteiger partial charge is 0.192 e. The molecule has 0 spiro atoms. The van der Waals surface area contributed by atoms with Crippen LogP contribution in [0.15, 0.2) is 22.3 Å². The smallest absolute Gasteiger partial charge is 0.129 e. The van der Waals surface area contributed by atoms with Crippen molar-refractivity contribution < 1.29 is 0 Å². The van der Waals surface area contributed by atoms with Crippen LogP contribution < -0.4 is 0 Å². The second-order valence-corrected chi connectivity index (χ2v) is 5.77. The van der Waals surface area contributed by atoms with Gasteiger partial charge in [0.25, 0.3) is 0 Å². The van der Waals surface area contributed by atoms with Crippen LogP contribution in [0.1, 0.15) is 51.4 Å². The molecular weight excluding hydrogens is 220 g/mol. The van der Waals surface area contributed by atoms with E-state index in [2.05, 4.69) is 12.1 Å². The number of allylic oxidation sites excluding steroid dienone is 4. The molecule has 0 unspecified atom stereocenters. The third kappa shape index (κ3) is 1.68. The molecule has 2 atom stereocenters. The van der Waals surface area contributed by atoms with Gasteiger partial charge in [-0.1, -0.05) is 17.6 Å². The lowest BCUT2D eigenvalue weighted by atomic mass is 9.62. The SMILES string of the molecule is N#CC(C#N)=C1[C@H]2CCC[C@@H]1C1=C(CCCC1)C2. The van der Waals surface area contributed by atoms with Gasteiger partial charge >= 0.3 is 0 Å². The number of fused-ring (bicyclic) bond motifs is 3. The van der Waals surface area contributed by atoms with Crippen LogP contribution in [0, 0.1) is 34.5 Å². The van der Waals surface area contributed by atoms with Gasteiger partial charge in [-0.05, 0) is 56.4 Å². The van der Waals surface area contributed by atoms with Crippen LogP contribution in [0.5, 0.6) is 0 Å². The van der Waals surface area contributed by atoms with Crippen molar-refractivity contribution in [3.63, 3.8) is 0 Å². The molecule has 0 aromatic heterocycles. The van der Waals surface area contributed by atoms with Gasteiger partial charge in [-0.25, -0.2) is 0 Å². The maximum absolute atomic E-state index is 9.18. The van der Waals surface area contributed by atoms with E-state index in [4.69, 9.17) is 0 Å². The van der Waals surface area contributed by atoms with Gasteiger partial charge in [-0.15, -0.1) is 0 Å². The molecule has 2 nitrogen and oxygen atoms in total. The minimum atomic E-state index is 0.418. The average molecular weight is 238 g/mol. The van der Waals surface area contributed by atoms with Crippen LogP contribution in [0.4, 0.5) is 0 Å². The molecule has 0 aromatic rings. The fraction of sp³-hybridized carbons (Fsp3) is 0.625. The third-order valence-electron chi connectivity index (χ3n) is 4.92. The first kappa shape index (κ1) is 11.5. The molecule has 0 aromatic carbocycles. The molecule has 0 saturated heterocycles. The van der Waals surface area contributed by atoms with E-state index in [1.807, 2.05) is 0 Å². The zero-order valence-electron chi connectivity index (χ0n) is 10.7. The lowest BCUT2D eigenvalue weighted by molar-refractivity contribution is 0.344. The summed E-state index contributed by atoms with van der Waals surface area (Å²) in [6.07, 6.45) is 9.84. The molecule has 92 valence electrons. The second kappa shape index (κ2) is 4.62. The summed E-state index contributed by atoms with van der Waals surface area (Å²) in [5.74, 6) is 0.942. The number of hydrogen-bond acceptors (Lipinski definition) is 2. The summed E-state index contributed by atoms with van der Waals surface area (Å²) in [6, 6.07) is 4.28. The van der Waals surface area contributed by atoms with Crippen LogP contribution in [-0.2, 0) is 0 Å². The Morgan fingerprint density at radius 3 is 2.56 bits per heavy atom. The van der Waals surface area contributed by atoms with E-state index in [0.717, 1.165) is 12.8 Å². The first-order chi connectivity index (χ1) is 8.85. The van der Waals surface area contributed by atoms with Gasteiger partial charge in [0, 0.05) is 5.92 Å². The van der Waals surface area contributed by atoms with Crippen molar-refractivity contribution in [2.75, 3.05) is 0 Å². The Morgan fingerprint density at radius 2 is 1.78 bits per heavy atom. The predicted molar refractivity (Wildman–Crippen MR) is 69.2 cm³/mol. The quantitative estimate of drug-likeness (QED) is 0.472. The normalized spacial score (nSPS) is 30.2. The summed E-state index contributed by atoms with van der Waals surface area (Å²) in [4.78, 5) is 0. The van der Waals surface area contributed by atoms with Crippen molar-refractivity contribution in [2.45, 2.75) is 51.4 Å². The van der Waals surface area contributed by atoms with E-state index in [0.29, 0.717) is 17.4 Å². The first-order valence-corrected chi connectivity index (χ1v) is 7.10. The van der Waals surface area contributed by atoms with E-state index >= 15 is 0 Å². The zero-order chi connectivity index (χ0) is 12.5. The molecule has 0 N–H and O–H groups in total.